The van der Waals surface area contributed by atoms with Gasteiger partial charge in [-0.05, 0) is 38.8 Å². The molecule has 0 fully saturated rings. The smallest absolute Gasteiger partial charge is 0.0645 e. The second kappa shape index (κ2) is 6.85. The van der Waals surface area contributed by atoms with E-state index < -0.39 is 0 Å². The maximum absolute atomic E-state index is 5.70. The summed E-state index contributed by atoms with van der Waals surface area (Å²) in [4.78, 5) is 0. The first kappa shape index (κ1) is 15.7. The second-order valence-electron chi connectivity index (χ2n) is 5.78. The van der Waals surface area contributed by atoms with Gasteiger partial charge in [-0.1, -0.05) is 18.2 Å². The van der Waals surface area contributed by atoms with Crippen LogP contribution in [0, 0.1) is 0 Å². The van der Waals surface area contributed by atoms with Gasteiger partial charge in [-0.3, -0.25) is 11.3 Å². The van der Waals surface area contributed by atoms with Gasteiger partial charge >= 0.3 is 0 Å². The first-order valence-electron chi connectivity index (χ1n) is 7.17. The molecular weight excluding hydrogens is 264 g/mol. The zero-order valence-corrected chi connectivity index (χ0v) is 12.9. The minimum atomic E-state index is -0.148. The van der Waals surface area contributed by atoms with Crippen molar-refractivity contribution in [3.8, 4) is 5.69 Å². The van der Waals surface area contributed by atoms with Crippen LogP contribution in [0.2, 0.25) is 0 Å². The van der Waals surface area contributed by atoms with E-state index in [2.05, 4.69) is 24.4 Å². The molecule has 1 aromatic heterocycles. The molecule has 0 radical (unpaired) electrons. The van der Waals surface area contributed by atoms with Crippen LogP contribution in [-0.2, 0) is 4.74 Å². The van der Waals surface area contributed by atoms with Crippen molar-refractivity contribution < 1.29 is 4.74 Å². The van der Waals surface area contributed by atoms with Gasteiger partial charge in [0.05, 0.1) is 17.5 Å². The van der Waals surface area contributed by atoms with Gasteiger partial charge in [-0.2, -0.15) is 5.10 Å². The molecule has 0 amide bonds. The Bertz CT molecular complexity index is 550. The molecule has 0 bridgehead atoms. The topological polar surface area (TPSA) is 65.1 Å². The number of methoxy groups -OCH3 is 1. The predicted molar refractivity (Wildman–Crippen MR) is 84.0 cm³/mol. The van der Waals surface area contributed by atoms with Crippen LogP contribution in [0.4, 0.5) is 0 Å². The summed E-state index contributed by atoms with van der Waals surface area (Å²) in [7, 11) is 1.73. The highest BCUT2D eigenvalue weighted by molar-refractivity contribution is 5.31. The van der Waals surface area contributed by atoms with E-state index >= 15 is 0 Å². The molecule has 0 saturated heterocycles. The van der Waals surface area contributed by atoms with E-state index in [1.165, 1.54) is 0 Å². The van der Waals surface area contributed by atoms with Gasteiger partial charge in [0.1, 0.15) is 0 Å². The molecule has 2 rings (SSSR count). The molecule has 0 aliphatic rings. The number of nitrogens with two attached hydrogens (primary N) is 1. The summed E-state index contributed by atoms with van der Waals surface area (Å²) in [6, 6.07) is 10.1. The molecule has 114 valence electrons. The minimum Gasteiger partial charge on any atom is -0.379 e. The lowest BCUT2D eigenvalue weighted by Crippen LogP contribution is -2.31. The molecule has 1 atom stereocenters. The van der Waals surface area contributed by atoms with Crippen LogP contribution in [-0.4, -0.2) is 22.5 Å². The van der Waals surface area contributed by atoms with E-state index in [0.29, 0.717) is 0 Å². The zero-order chi connectivity index (χ0) is 15.3. The molecule has 5 heteroatoms. The van der Waals surface area contributed by atoms with Crippen molar-refractivity contribution in [1.82, 2.24) is 15.2 Å². The first-order chi connectivity index (χ1) is 10.1. The summed E-state index contributed by atoms with van der Waals surface area (Å²) in [5.74, 6) is 5.70. The normalized spacial score (nSPS) is 13.3. The molecule has 1 unspecified atom stereocenters. The summed E-state index contributed by atoms with van der Waals surface area (Å²) in [5, 5.41) is 4.41. The lowest BCUT2D eigenvalue weighted by Gasteiger charge is -2.25. The van der Waals surface area contributed by atoms with Crippen molar-refractivity contribution in [3.05, 3.63) is 48.3 Å². The molecule has 1 heterocycles. The van der Waals surface area contributed by atoms with Crippen LogP contribution < -0.4 is 11.3 Å². The molecule has 5 nitrogen and oxygen atoms in total. The number of hydrazine groups is 1. The molecule has 3 N–H and O–H groups in total. The lowest BCUT2D eigenvalue weighted by molar-refractivity contribution is 0.0117. The minimum absolute atomic E-state index is 0.0666. The summed E-state index contributed by atoms with van der Waals surface area (Å²) >= 11 is 0. The van der Waals surface area contributed by atoms with E-state index in [0.717, 1.165) is 24.1 Å². The zero-order valence-electron chi connectivity index (χ0n) is 12.9. The molecule has 0 aliphatic carbocycles. The van der Waals surface area contributed by atoms with E-state index in [9.17, 15) is 0 Å². The van der Waals surface area contributed by atoms with Gasteiger partial charge < -0.3 is 4.74 Å². The Morgan fingerprint density at radius 3 is 2.67 bits per heavy atom. The van der Waals surface area contributed by atoms with Gasteiger partial charge in [0.25, 0.3) is 0 Å². The highest BCUT2D eigenvalue weighted by Gasteiger charge is 2.20. The number of ether oxygens (including phenoxy) is 1. The quantitative estimate of drug-likeness (QED) is 0.607. The van der Waals surface area contributed by atoms with E-state index in [4.69, 9.17) is 10.6 Å². The Hall–Kier alpha value is -1.69. The highest BCUT2D eigenvalue weighted by atomic mass is 16.5. The van der Waals surface area contributed by atoms with Crippen LogP contribution >= 0.6 is 0 Å². The number of nitrogens with one attached hydrogen (secondary N) is 1. The monoisotopic (exact) mass is 288 g/mol. The molecule has 0 spiro atoms. The van der Waals surface area contributed by atoms with E-state index in [-0.39, 0.29) is 11.6 Å². The summed E-state index contributed by atoms with van der Waals surface area (Å²) in [6.07, 6.45) is 5.67. The Labute approximate surface area is 126 Å². The summed E-state index contributed by atoms with van der Waals surface area (Å²) in [5.41, 5.74) is 4.84. The van der Waals surface area contributed by atoms with Crippen LogP contribution in [0.3, 0.4) is 0 Å². The third-order valence-electron chi connectivity index (χ3n) is 3.81. The maximum Gasteiger partial charge on any atom is 0.0645 e. The molecule has 21 heavy (non-hydrogen) atoms. The van der Waals surface area contributed by atoms with Crippen molar-refractivity contribution in [2.24, 2.45) is 5.84 Å². The Balaban J connectivity index is 2.08. The standard InChI is InChI=1S/C16H24N4O/c1-16(2,21-3)10-9-15(19-17)13-11-18-20(12-13)14-7-5-4-6-8-14/h4-8,11-12,15,19H,9-10,17H2,1-3H3. The molecule has 1 aromatic carbocycles. The number of benzene rings is 1. The van der Waals surface area contributed by atoms with E-state index in [1.54, 1.807) is 7.11 Å². The van der Waals surface area contributed by atoms with Crippen LogP contribution in [0.15, 0.2) is 42.7 Å². The van der Waals surface area contributed by atoms with Crippen LogP contribution in [0.25, 0.3) is 5.69 Å². The number of hydrogen-bond acceptors (Lipinski definition) is 4. The maximum atomic E-state index is 5.70. The Morgan fingerprint density at radius 2 is 2.05 bits per heavy atom. The lowest BCUT2D eigenvalue weighted by atomic mass is 9.97. The largest absolute Gasteiger partial charge is 0.379 e. The molecule has 2 aromatic rings. The molecule has 0 saturated carbocycles. The van der Waals surface area contributed by atoms with Crippen molar-refractivity contribution in [3.63, 3.8) is 0 Å². The van der Waals surface area contributed by atoms with Gasteiger partial charge in [0.15, 0.2) is 0 Å². The second-order valence-corrected chi connectivity index (χ2v) is 5.78. The predicted octanol–water partition coefficient (Wildman–Crippen LogP) is 2.58. The number of aromatic nitrogens is 2. The van der Waals surface area contributed by atoms with Crippen molar-refractivity contribution in [2.45, 2.75) is 38.3 Å². The third kappa shape index (κ3) is 4.14. The van der Waals surface area contributed by atoms with E-state index in [1.807, 2.05) is 47.4 Å². The SMILES string of the molecule is COC(C)(C)CCC(NN)c1cnn(-c2ccccc2)c1. The number of rotatable bonds is 7. The average molecular weight is 288 g/mol. The fourth-order valence-corrected chi connectivity index (χ4v) is 2.18. The summed E-state index contributed by atoms with van der Waals surface area (Å²) < 4.78 is 7.32. The Morgan fingerprint density at radius 1 is 1.33 bits per heavy atom. The molecular formula is C16H24N4O. The van der Waals surface area contributed by atoms with Gasteiger partial charge in [-0.15, -0.1) is 0 Å². The third-order valence-corrected chi connectivity index (χ3v) is 3.81. The van der Waals surface area contributed by atoms with Crippen molar-refractivity contribution >= 4 is 0 Å². The highest BCUT2D eigenvalue weighted by Crippen LogP contribution is 2.24. The van der Waals surface area contributed by atoms with Gasteiger partial charge in [-0.25, -0.2) is 4.68 Å². The molecule has 0 aliphatic heterocycles. The fourth-order valence-electron chi connectivity index (χ4n) is 2.18. The first-order valence-corrected chi connectivity index (χ1v) is 7.17. The fraction of sp³-hybridized carbons (Fsp3) is 0.438. The van der Waals surface area contributed by atoms with Crippen LogP contribution in [0.5, 0.6) is 0 Å². The Kier molecular flexibility index (Phi) is 5.12. The van der Waals surface area contributed by atoms with Crippen molar-refractivity contribution in [2.75, 3.05) is 7.11 Å². The average Bonchev–Trinajstić information content (AvgIpc) is 2.98. The summed E-state index contributed by atoms with van der Waals surface area (Å²) in [6.45, 7) is 4.15. The number of nitrogens with zero attached hydrogens (tertiary/aromatic N) is 2. The van der Waals surface area contributed by atoms with Gasteiger partial charge in [0, 0.05) is 24.9 Å². The van der Waals surface area contributed by atoms with Gasteiger partial charge in [0.2, 0.25) is 0 Å². The number of hydrogen-bond donors (Lipinski definition) is 2. The number of para-hydroxylation sites is 1. The van der Waals surface area contributed by atoms with Crippen molar-refractivity contribution in [1.29, 1.82) is 0 Å². The van der Waals surface area contributed by atoms with Crippen LogP contribution in [0.1, 0.15) is 38.3 Å².